The first-order chi connectivity index (χ1) is 11.1. The second-order valence-corrected chi connectivity index (χ2v) is 4.95. The molecule has 1 fully saturated rings. The summed E-state index contributed by atoms with van der Waals surface area (Å²) in [4.78, 5) is 47.7. The minimum atomic E-state index is -0.740. The Morgan fingerprint density at radius 2 is 2.04 bits per heavy atom. The number of urea groups is 1. The van der Waals surface area contributed by atoms with Crippen molar-refractivity contribution in [3.8, 4) is 0 Å². The highest BCUT2D eigenvalue weighted by atomic mass is 16.4. The molecule has 0 atom stereocenters. The van der Waals surface area contributed by atoms with E-state index in [1.54, 1.807) is 24.3 Å². The fourth-order valence-electron chi connectivity index (χ4n) is 2.28. The summed E-state index contributed by atoms with van der Waals surface area (Å²) in [5.74, 6) is -0.967. The minimum absolute atomic E-state index is 0.0370. The first kappa shape index (κ1) is 14.8. The average molecular weight is 315 g/mol. The van der Waals surface area contributed by atoms with E-state index in [9.17, 15) is 19.2 Å². The van der Waals surface area contributed by atoms with Crippen LogP contribution in [0.5, 0.6) is 0 Å². The van der Waals surface area contributed by atoms with Crippen molar-refractivity contribution in [3.63, 3.8) is 0 Å². The molecule has 3 rings (SSSR count). The number of fused-ring (bicyclic) bond motifs is 1. The lowest BCUT2D eigenvalue weighted by molar-refractivity contribution is -0.124. The lowest BCUT2D eigenvalue weighted by atomic mass is 10.2. The van der Waals surface area contributed by atoms with Crippen LogP contribution >= 0.6 is 0 Å². The van der Waals surface area contributed by atoms with Crippen molar-refractivity contribution in [1.82, 2.24) is 15.5 Å². The molecule has 2 aromatic rings. The van der Waals surface area contributed by atoms with Gasteiger partial charge >= 0.3 is 11.7 Å². The molecule has 8 nitrogen and oxygen atoms in total. The second-order valence-electron chi connectivity index (χ2n) is 4.95. The van der Waals surface area contributed by atoms with Gasteiger partial charge in [0, 0.05) is 18.5 Å². The maximum atomic E-state index is 12.1. The zero-order chi connectivity index (χ0) is 16.4. The predicted octanol–water partition coefficient (Wildman–Crippen LogP) is 0.0746. The van der Waals surface area contributed by atoms with Crippen LogP contribution in [0.25, 0.3) is 11.0 Å². The summed E-state index contributed by atoms with van der Waals surface area (Å²) in [5, 5.41) is 5.51. The third kappa shape index (κ3) is 2.91. The van der Waals surface area contributed by atoms with Crippen LogP contribution in [0.15, 0.2) is 39.5 Å². The van der Waals surface area contributed by atoms with E-state index in [2.05, 4.69) is 10.6 Å². The molecular formula is C15H13N3O5. The van der Waals surface area contributed by atoms with E-state index in [0.29, 0.717) is 11.0 Å². The van der Waals surface area contributed by atoms with Crippen molar-refractivity contribution in [3.05, 3.63) is 46.3 Å². The Balaban J connectivity index is 1.69. The molecule has 1 aromatic carbocycles. The number of para-hydroxylation sites is 1. The molecule has 118 valence electrons. The van der Waals surface area contributed by atoms with Crippen molar-refractivity contribution in [2.45, 2.75) is 0 Å². The molecule has 1 saturated heterocycles. The lowest BCUT2D eigenvalue weighted by Crippen LogP contribution is -2.39. The van der Waals surface area contributed by atoms with Gasteiger partial charge in [-0.05, 0) is 12.1 Å². The predicted molar refractivity (Wildman–Crippen MR) is 79.9 cm³/mol. The zero-order valence-electron chi connectivity index (χ0n) is 12.0. The van der Waals surface area contributed by atoms with E-state index in [4.69, 9.17) is 4.42 Å². The van der Waals surface area contributed by atoms with Gasteiger partial charge in [-0.25, -0.2) is 9.59 Å². The standard InChI is InChI=1S/C15H13N3O5/c19-12-8-17-15(22)18(12)6-5-16-13(20)10-7-9-3-1-2-4-11(9)23-14(10)21/h1-4,7H,5-6,8H2,(H,16,20)(H,17,22). The fourth-order valence-corrected chi connectivity index (χ4v) is 2.28. The molecule has 8 heteroatoms. The van der Waals surface area contributed by atoms with Gasteiger partial charge in [-0.15, -0.1) is 0 Å². The van der Waals surface area contributed by atoms with Crippen LogP contribution in [0.2, 0.25) is 0 Å². The molecule has 0 unspecified atom stereocenters. The van der Waals surface area contributed by atoms with Crippen molar-refractivity contribution >= 4 is 28.8 Å². The van der Waals surface area contributed by atoms with Crippen LogP contribution in [0.1, 0.15) is 10.4 Å². The van der Waals surface area contributed by atoms with Crippen LogP contribution in [-0.4, -0.2) is 42.4 Å². The number of benzene rings is 1. The summed E-state index contributed by atoms with van der Waals surface area (Å²) in [7, 11) is 0. The van der Waals surface area contributed by atoms with Gasteiger partial charge in [0.2, 0.25) is 5.91 Å². The molecule has 0 saturated carbocycles. The largest absolute Gasteiger partial charge is 0.422 e. The molecule has 1 aliphatic heterocycles. The van der Waals surface area contributed by atoms with E-state index in [0.717, 1.165) is 4.90 Å². The van der Waals surface area contributed by atoms with Gasteiger partial charge in [-0.1, -0.05) is 18.2 Å². The topological polar surface area (TPSA) is 109 Å². The third-order valence-electron chi connectivity index (χ3n) is 3.44. The Morgan fingerprint density at radius 3 is 2.78 bits per heavy atom. The molecule has 2 N–H and O–H groups in total. The van der Waals surface area contributed by atoms with Crippen LogP contribution in [-0.2, 0) is 4.79 Å². The number of nitrogens with one attached hydrogen (secondary N) is 2. The normalized spacial score (nSPS) is 14.2. The van der Waals surface area contributed by atoms with Crippen LogP contribution in [0.4, 0.5) is 4.79 Å². The highest BCUT2D eigenvalue weighted by Gasteiger charge is 2.27. The van der Waals surface area contributed by atoms with Gasteiger partial charge in [-0.3, -0.25) is 14.5 Å². The molecule has 0 bridgehead atoms. The molecule has 1 aliphatic rings. The number of rotatable bonds is 4. The Kier molecular flexibility index (Phi) is 3.80. The summed E-state index contributed by atoms with van der Waals surface area (Å²) in [6.45, 7) is 0.0423. The third-order valence-corrected chi connectivity index (χ3v) is 3.44. The van der Waals surface area contributed by atoms with Crippen molar-refractivity contribution in [2.75, 3.05) is 19.6 Å². The summed E-state index contributed by atoms with van der Waals surface area (Å²) in [6.07, 6.45) is 0. The van der Waals surface area contributed by atoms with E-state index in [-0.39, 0.29) is 31.1 Å². The minimum Gasteiger partial charge on any atom is -0.422 e. The molecular weight excluding hydrogens is 302 g/mol. The molecule has 2 heterocycles. The molecule has 4 amide bonds. The smallest absolute Gasteiger partial charge is 0.349 e. The number of nitrogens with zero attached hydrogens (tertiary/aromatic N) is 1. The average Bonchev–Trinajstić information content (AvgIpc) is 2.86. The Morgan fingerprint density at radius 1 is 1.26 bits per heavy atom. The van der Waals surface area contributed by atoms with Crippen molar-refractivity contribution < 1.29 is 18.8 Å². The van der Waals surface area contributed by atoms with Crippen molar-refractivity contribution in [1.29, 1.82) is 0 Å². The number of amides is 4. The van der Waals surface area contributed by atoms with Gasteiger partial charge in [-0.2, -0.15) is 0 Å². The molecule has 0 spiro atoms. The highest BCUT2D eigenvalue weighted by molar-refractivity contribution is 6.02. The maximum absolute atomic E-state index is 12.1. The molecule has 0 aliphatic carbocycles. The maximum Gasteiger partial charge on any atom is 0.349 e. The van der Waals surface area contributed by atoms with Crippen LogP contribution in [0, 0.1) is 0 Å². The number of carbonyl (C=O) groups excluding carboxylic acids is 3. The number of imide groups is 1. The zero-order valence-corrected chi connectivity index (χ0v) is 12.0. The van der Waals surface area contributed by atoms with Crippen molar-refractivity contribution in [2.24, 2.45) is 0 Å². The number of hydrogen-bond donors (Lipinski definition) is 2. The Labute approximate surface area is 130 Å². The highest BCUT2D eigenvalue weighted by Crippen LogP contribution is 2.12. The second kappa shape index (κ2) is 5.91. The summed E-state index contributed by atoms with van der Waals surface area (Å²) < 4.78 is 5.08. The van der Waals surface area contributed by atoms with Gasteiger partial charge in [0.15, 0.2) is 0 Å². The molecule has 1 aromatic heterocycles. The Hall–Kier alpha value is -3.16. The first-order valence-corrected chi connectivity index (χ1v) is 6.95. The SMILES string of the molecule is O=C(NCCN1C(=O)CNC1=O)c1cc2ccccc2oc1=O. The van der Waals surface area contributed by atoms with E-state index < -0.39 is 17.6 Å². The number of hydrogen-bond acceptors (Lipinski definition) is 5. The molecule has 23 heavy (non-hydrogen) atoms. The van der Waals surface area contributed by atoms with Gasteiger partial charge in [0.05, 0.1) is 6.54 Å². The van der Waals surface area contributed by atoms with Gasteiger partial charge in [0.1, 0.15) is 11.1 Å². The summed E-state index contributed by atoms with van der Waals surface area (Å²) in [5.41, 5.74) is -0.467. The Bertz CT molecular complexity index is 842. The van der Waals surface area contributed by atoms with Gasteiger partial charge < -0.3 is 15.1 Å². The first-order valence-electron chi connectivity index (χ1n) is 6.95. The van der Waals surface area contributed by atoms with Crippen LogP contribution < -0.4 is 16.3 Å². The number of carbonyl (C=O) groups is 3. The van der Waals surface area contributed by atoms with Gasteiger partial charge in [0.25, 0.3) is 5.91 Å². The summed E-state index contributed by atoms with van der Waals surface area (Å²) >= 11 is 0. The summed E-state index contributed by atoms with van der Waals surface area (Å²) in [6, 6.07) is 7.81. The van der Waals surface area contributed by atoms with E-state index in [1.165, 1.54) is 6.07 Å². The van der Waals surface area contributed by atoms with E-state index in [1.807, 2.05) is 0 Å². The fraction of sp³-hybridized carbons (Fsp3) is 0.200. The monoisotopic (exact) mass is 315 g/mol. The van der Waals surface area contributed by atoms with E-state index >= 15 is 0 Å². The lowest BCUT2D eigenvalue weighted by Gasteiger charge is -2.12. The quantitative estimate of drug-likeness (QED) is 0.613. The van der Waals surface area contributed by atoms with Crippen LogP contribution in [0.3, 0.4) is 0 Å². The molecule has 0 radical (unpaired) electrons.